The van der Waals surface area contributed by atoms with Crippen LogP contribution in [0.15, 0.2) is 47.5 Å². The third kappa shape index (κ3) is 3.98. The molecule has 114 valence electrons. The smallest absolute Gasteiger partial charge is 0.260 e. The molecule has 0 saturated heterocycles. The van der Waals surface area contributed by atoms with Crippen molar-refractivity contribution in [3.8, 4) is 0 Å². The maximum Gasteiger partial charge on any atom is 0.416 e. The van der Waals surface area contributed by atoms with Crippen molar-refractivity contribution in [1.29, 1.82) is 0 Å². The molecule has 0 amide bonds. The summed E-state index contributed by atoms with van der Waals surface area (Å²) >= 11 is 5.79. The molecular formula is C17H13ClF3N. The highest BCUT2D eigenvalue weighted by atomic mass is 35.5. The number of rotatable bonds is 2. The number of benzene rings is 2. The second kappa shape index (κ2) is 6.36. The van der Waals surface area contributed by atoms with Crippen molar-refractivity contribution >= 4 is 30.1 Å². The number of hydrogen-bond donors (Lipinski definition) is 0. The van der Waals surface area contributed by atoms with Crippen molar-refractivity contribution in [3.63, 3.8) is 0 Å². The van der Waals surface area contributed by atoms with Crippen molar-refractivity contribution in [2.24, 2.45) is 4.99 Å². The van der Waals surface area contributed by atoms with E-state index in [0.29, 0.717) is 21.2 Å². The van der Waals surface area contributed by atoms with E-state index >= 15 is 0 Å². The molecule has 2 aromatic carbocycles. The van der Waals surface area contributed by atoms with E-state index in [1.165, 1.54) is 6.07 Å². The maximum atomic E-state index is 12.8. The molecule has 1 nitrogen and oxygen atoms in total. The van der Waals surface area contributed by atoms with Crippen LogP contribution in [-0.4, -0.2) is 6.21 Å². The number of hydrogen-bond acceptors (Lipinski definition) is 1. The van der Waals surface area contributed by atoms with Crippen LogP contribution in [-0.2, 0) is 6.18 Å². The van der Waals surface area contributed by atoms with Gasteiger partial charge in [0, 0.05) is 22.2 Å². The Morgan fingerprint density at radius 2 is 1.77 bits per heavy atom. The summed E-state index contributed by atoms with van der Waals surface area (Å²) in [5.41, 5.74) is 0.559. The van der Waals surface area contributed by atoms with Gasteiger partial charge >= 0.3 is 6.18 Å². The van der Waals surface area contributed by atoms with Crippen LogP contribution < -0.4 is 10.4 Å². The van der Waals surface area contributed by atoms with Gasteiger partial charge < -0.3 is 0 Å². The molecule has 0 aromatic heterocycles. The van der Waals surface area contributed by atoms with Gasteiger partial charge in [0.1, 0.15) is 0 Å². The summed E-state index contributed by atoms with van der Waals surface area (Å²) < 4.78 is 38.3. The first-order chi connectivity index (χ1) is 10.3. The van der Waals surface area contributed by atoms with Gasteiger partial charge in [-0.05, 0) is 42.0 Å². The molecule has 0 unspecified atom stereocenters. The first-order valence-corrected chi connectivity index (χ1v) is 6.82. The second-order valence-corrected chi connectivity index (χ2v) is 5.20. The molecule has 22 heavy (non-hydrogen) atoms. The van der Waals surface area contributed by atoms with Crippen molar-refractivity contribution in [1.82, 2.24) is 0 Å². The highest BCUT2D eigenvalue weighted by Gasteiger charge is 2.30. The topological polar surface area (TPSA) is 12.4 Å². The van der Waals surface area contributed by atoms with Gasteiger partial charge in [-0.25, -0.2) is 0 Å². The predicted molar refractivity (Wildman–Crippen MR) is 84.3 cm³/mol. The van der Waals surface area contributed by atoms with Crippen molar-refractivity contribution < 1.29 is 13.2 Å². The van der Waals surface area contributed by atoms with Gasteiger partial charge in [-0.2, -0.15) is 13.2 Å². The molecule has 0 aliphatic carbocycles. The molecule has 0 saturated carbocycles. The molecule has 0 heterocycles. The Labute approximate surface area is 131 Å². The molecular weight excluding hydrogens is 311 g/mol. The van der Waals surface area contributed by atoms with Crippen LogP contribution in [0.5, 0.6) is 0 Å². The van der Waals surface area contributed by atoms with Crippen LogP contribution in [0, 0.1) is 0 Å². The van der Waals surface area contributed by atoms with Crippen LogP contribution in [0.4, 0.5) is 13.2 Å². The number of nitrogens with zero attached hydrogens (tertiary/aromatic N) is 1. The zero-order valence-electron chi connectivity index (χ0n) is 11.8. The average Bonchev–Trinajstić information content (AvgIpc) is 2.45. The van der Waals surface area contributed by atoms with E-state index in [-0.39, 0.29) is 0 Å². The first-order valence-electron chi connectivity index (χ1n) is 6.44. The molecule has 5 heteroatoms. The van der Waals surface area contributed by atoms with Crippen molar-refractivity contribution in [2.45, 2.75) is 13.1 Å². The molecule has 0 atom stereocenters. The van der Waals surface area contributed by atoms with Crippen LogP contribution in [0.1, 0.15) is 18.1 Å². The highest BCUT2D eigenvalue weighted by molar-refractivity contribution is 6.30. The molecule has 0 N–H and O–H groups in total. The minimum absolute atomic E-state index is 0.375. The summed E-state index contributed by atoms with van der Waals surface area (Å²) in [7, 11) is 0. The zero-order chi connectivity index (χ0) is 16.3. The standard InChI is InChI=1S/C17H13ClF3N/c1-11-3-6-14(17(19,20)21)9-16(11)12(2)22-10-13-4-7-15(18)8-5-13/h3-10H,1H2,2H3/b16-12-,22-10?. The van der Waals surface area contributed by atoms with E-state index in [9.17, 15) is 13.2 Å². The lowest BCUT2D eigenvalue weighted by molar-refractivity contribution is -0.137. The van der Waals surface area contributed by atoms with E-state index < -0.39 is 11.7 Å². The summed E-state index contributed by atoms with van der Waals surface area (Å²) in [6, 6.07) is 10.4. The van der Waals surface area contributed by atoms with E-state index in [4.69, 9.17) is 11.6 Å². The SMILES string of the molecule is C=c1ccc(C(F)(F)F)c/c1=C(\C)N=Cc1ccc(Cl)cc1. The lowest BCUT2D eigenvalue weighted by Gasteiger charge is -2.06. The molecule has 2 aromatic rings. The fraction of sp³-hybridized carbons (Fsp3) is 0.118. The Morgan fingerprint density at radius 1 is 1.14 bits per heavy atom. The first kappa shape index (κ1) is 16.3. The van der Waals surface area contributed by atoms with E-state index in [1.54, 1.807) is 37.4 Å². The summed E-state index contributed by atoms with van der Waals surface area (Å²) in [4.78, 5) is 4.22. The minimum atomic E-state index is -4.39. The molecule has 0 bridgehead atoms. The lowest BCUT2D eigenvalue weighted by Crippen LogP contribution is -2.26. The summed E-state index contributed by atoms with van der Waals surface area (Å²) in [5.74, 6) is 0. The van der Waals surface area contributed by atoms with Gasteiger partial charge in [0.2, 0.25) is 0 Å². The largest absolute Gasteiger partial charge is 0.416 e. The Hall–Kier alpha value is -2.07. The number of alkyl halides is 3. The fourth-order valence-electron chi connectivity index (χ4n) is 1.88. The van der Waals surface area contributed by atoms with Crippen LogP contribution >= 0.6 is 11.6 Å². The van der Waals surface area contributed by atoms with Crippen molar-refractivity contribution in [3.05, 3.63) is 69.1 Å². The van der Waals surface area contributed by atoms with E-state index in [2.05, 4.69) is 11.6 Å². The molecule has 0 radical (unpaired) electrons. The van der Waals surface area contributed by atoms with Gasteiger partial charge in [0.25, 0.3) is 0 Å². The molecule has 0 aliphatic heterocycles. The monoisotopic (exact) mass is 323 g/mol. The average molecular weight is 324 g/mol. The van der Waals surface area contributed by atoms with Gasteiger partial charge in [0.15, 0.2) is 0 Å². The zero-order valence-corrected chi connectivity index (χ0v) is 12.5. The Bertz CT molecular complexity index is 805. The second-order valence-electron chi connectivity index (χ2n) is 4.76. The molecule has 2 rings (SSSR count). The van der Waals surface area contributed by atoms with Crippen LogP contribution in [0.3, 0.4) is 0 Å². The fourth-order valence-corrected chi connectivity index (χ4v) is 2.01. The number of aliphatic imine (C=N–C) groups is 1. The molecule has 0 aliphatic rings. The van der Waals surface area contributed by atoms with E-state index in [0.717, 1.165) is 17.7 Å². The molecule has 0 fully saturated rings. The van der Waals surface area contributed by atoms with Gasteiger partial charge in [-0.3, -0.25) is 4.99 Å². The van der Waals surface area contributed by atoms with Gasteiger partial charge in [-0.15, -0.1) is 0 Å². The van der Waals surface area contributed by atoms with E-state index in [1.807, 2.05) is 0 Å². The third-order valence-electron chi connectivity index (χ3n) is 3.10. The predicted octanol–water partition coefficient (Wildman–Crippen LogP) is 4.02. The Balaban J connectivity index is 2.45. The Morgan fingerprint density at radius 3 is 2.36 bits per heavy atom. The van der Waals surface area contributed by atoms with Gasteiger partial charge in [0.05, 0.1) is 5.56 Å². The van der Waals surface area contributed by atoms with Crippen LogP contribution in [0.2, 0.25) is 5.02 Å². The summed E-state index contributed by atoms with van der Waals surface area (Å²) in [6.07, 6.45) is -2.81. The van der Waals surface area contributed by atoms with Crippen LogP contribution in [0.25, 0.3) is 12.3 Å². The van der Waals surface area contributed by atoms with Gasteiger partial charge in [-0.1, -0.05) is 36.4 Å². The number of halogens is 4. The summed E-state index contributed by atoms with van der Waals surface area (Å²) in [5, 5.41) is 1.48. The van der Waals surface area contributed by atoms with Crippen molar-refractivity contribution in [2.75, 3.05) is 0 Å². The maximum absolute atomic E-state index is 12.8. The normalized spacial score (nSPS) is 13.5. The highest BCUT2D eigenvalue weighted by Crippen LogP contribution is 2.27. The summed E-state index contributed by atoms with van der Waals surface area (Å²) in [6.45, 7) is 5.40. The lowest BCUT2D eigenvalue weighted by atomic mass is 10.1. The minimum Gasteiger partial charge on any atom is -0.260 e. The third-order valence-corrected chi connectivity index (χ3v) is 3.36. The quantitative estimate of drug-likeness (QED) is 0.740. The Kier molecular flexibility index (Phi) is 4.71. The molecule has 0 spiro atoms.